The van der Waals surface area contributed by atoms with E-state index in [-0.39, 0.29) is 41.2 Å². The van der Waals surface area contributed by atoms with Gasteiger partial charge in [0.1, 0.15) is 12.1 Å². The highest BCUT2D eigenvalue weighted by Gasteiger charge is 2.53. The number of benzene rings is 2. The molecule has 0 radical (unpaired) electrons. The van der Waals surface area contributed by atoms with Crippen LogP contribution in [0.3, 0.4) is 0 Å². The first kappa shape index (κ1) is 23.1. The lowest BCUT2D eigenvalue weighted by Crippen LogP contribution is -2.69. The van der Waals surface area contributed by atoms with Crippen molar-refractivity contribution < 1.29 is 33.7 Å². The van der Waals surface area contributed by atoms with Crippen molar-refractivity contribution in [3.8, 4) is 17.2 Å². The summed E-state index contributed by atoms with van der Waals surface area (Å²) in [4.78, 5) is 38.9. The van der Waals surface area contributed by atoms with E-state index in [0.29, 0.717) is 24.7 Å². The van der Waals surface area contributed by atoms with Crippen LogP contribution in [0.5, 0.6) is 17.2 Å². The zero-order valence-corrected chi connectivity index (χ0v) is 19.7. The zero-order chi connectivity index (χ0) is 24.9. The molecule has 35 heavy (non-hydrogen) atoms. The number of phenolic OH excluding ortho intramolecular Hbond substituents is 1. The molecule has 2 heterocycles. The number of ether oxygens (including phenoxy) is 3. The van der Waals surface area contributed by atoms with Gasteiger partial charge in [-0.3, -0.25) is 19.7 Å². The molecule has 1 saturated carbocycles. The summed E-state index contributed by atoms with van der Waals surface area (Å²) in [5, 5.41) is 17.0. The van der Waals surface area contributed by atoms with Crippen molar-refractivity contribution in [2.24, 2.45) is 5.41 Å². The zero-order valence-electron chi connectivity index (χ0n) is 19.7. The van der Waals surface area contributed by atoms with Crippen LogP contribution < -0.4 is 20.1 Å². The van der Waals surface area contributed by atoms with Crippen molar-refractivity contribution in [3.63, 3.8) is 0 Å². The maximum atomic E-state index is 12.6. The van der Waals surface area contributed by atoms with Gasteiger partial charge in [0.05, 0.1) is 24.5 Å². The van der Waals surface area contributed by atoms with E-state index < -0.39 is 23.7 Å². The van der Waals surface area contributed by atoms with E-state index in [2.05, 4.69) is 10.6 Å². The smallest absolute Gasteiger partial charge is 0.257 e. The van der Waals surface area contributed by atoms with Crippen LogP contribution in [0.1, 0.15) is 28.9 Å². The maximum absolute atomic E-state index is 12.6. The van der Waals surface area contributed by atoms with Crippen LogP contribution in [0.2, 0.25) is 0 Å². The number of hydrogen-bond donors (Lipinski definition) is 3. The Labute approximate surface area is 202 Å². The number of nitrogens with zero attached hydrogens (tertiary/aromatic N) is 1. The largest absolute Gasteiger partial charge is 0.505 e. The molecule has 3 N–H and O–H groups in total. The molecule has 10 heteroatoms. The van der Waals surface area contributed by atoms with Crippen molar-refractivity contribution >= 4 is 23.2 Å². The fraction of sp³-hybridized carbons (Fsp3) is 0.400. The Morgan fingerprint density at radius 1 is 1.09 bits per heavy atom. The van der Waals surface area contributed by atoms with E-state index in [1.807, 2.05) is 25.1 Å². The Hall–Kier alpha value is -3.63. The summed E-state index contributed by atoms with van der Waals surface area (Å²) in [6.45, 7) is 3.18. The number of phenols is 1. The molecular weight excluding hydrogens is 454 g/mol. The number of carbonyl (C=O) groups is 3. The molecular formula is C25H27N3O7. The minimum absolute atomic E-state index is 0.0972. The first-order chi connectivity index (χ1) is 16.7. The second-order valence-corrected chi connectivity index (χ2v) is 9.59. The standard InChI is InChI=1S/C25H27N3O7/c1-25(10-33-11-25)23(13-7-8-16-17(9-13)35-12-34-16)27-19-18(21(30)22(19)31)26-15-6-4-5-14(20(15)29)24(32)28(2)3/h4-9,18-19,23,26-27,29H,10-12H2,1-3H3. The number of nitrogens with one attached hydrogen (secondary N) is 2. The summed E-state index contributed by atoms with van der Waals surface area (Å²) in [5.74, 6) is -0.514. The Bertz CT molecular complexity index is 1210. The van der Waals surface area contributed by atoms with Crippen LogP contribution in [0, 0.1) is 5.41 Å². The van der Waals surface area contributed by atoms with Gasteiger partial charge in [0.2, 0.25) is 18.4 Å². The van der Waals surface area contributed by atoms with Crippen LogP contribution in [0.15, 0.2) is 36.4 Å². The molecule has 10 nitrogen and oxygen atoms in total. The van der Waals surface area contributed by atoms with E-state index in [9.17, 15) is 19.5 Å². The van der Waals surface area contributed by atoms with Gasteiger partial charge in [0.15, 0.2) is 17.2 Å². The van der Waals surface area contributed by atoms with Gasteiger partial charge >= 0.3 is 0 Å². The molecule has 3 aliphatic rings. The van der Waals surface area contributed by atoms with Gasteiger partial charge in [-0.05, 0) is 29.8 Å². The Morgan fingerprint density at radius 2 is 1.80 bits per heavy atom. The van der Waals surface area contributed by atoms with Gasteiger partial charge in [-0.15, -0.1) is 0 Å². The number of ketones is 2. The third-order valence-corrected chi connectivity index (χ3v) is 6.76. The summed E-state index contributed by atoms with van der Waals surface area (Å²) < 4.78 is 16.4. The highest BCUT2D eigenvalue weighted by Crippen LogP contribution is 2.44. The lowest BCUT2D eigenvalue weighted by molar-refractivity contribution is -0.149. The van der Waals surface area contributed by atoms with Crippen molar-refractivity contribution in [2.75, 3.05) is 39.4 Å². The van der Waals surface area contributed by atoms with Crippen LogP contribution >= 0.6 is 0 Å². The van der Waals surface area contributed by atoms with E-state index >= 15 is 0 Å². The lowest BCUT2D eigenvalue weighted by atomic mass is 9.74. The van der Waals surface area contributed by atoms with Gasteiger partial charge in [-0.1, -0.05) is 19.1 Å². The van der Waals surface area contributed by atoms with Crippen molar-refractivity contribution in [1.29, 1.82) is 0 Å². The number of rotatable bonds is 7. The average molecular weight is 482 g/mol. The summed E-state index contributed by atoms with van der Waals surface area (Å²) in [7, 11) is 3.16. The molecule has 3 atom stereocenters. The normalized spacial score (nSPS) is 22.7. The Kier molecular flexibility index (Phi) is 5.65. The summed E-state index contributed by atoms with van der Waals surface area (Å²) >= 11 is 0. The molecule has 1 aliphatic carbocycles. The van der Waals surface area contributed by atoms with E-state index in [0.717, 1.165) is 5.56 Å². The van der Waals surface area contributed by atoms with Crippen LogP contribution in [0.4, 0.5) is 5.69 Å². The maximum Gasteiger partial charge on any atom is 0.257 e. The van der Waals surface area contributed by atoms with E-state index in [1.54, 1.807) is 26.2 Å². The highest BCUT2D eigenvalue weighted by molar-refractivity contribution is 6.49. The number of Topliss-reactive ketones (excluding diaryl/α,β-unsaturated/α-hetero) is 2. The molecule has 2 aromatic rings. The first-order valence-corrected chi connectivity index (χ1v) is 11.3. The fourth-order valence-electron chi connectivity index (χ4n) is 4.64. The number of fused-ring (bicyclic) bond motifs is 1. The second kappa shape index (κ2) is 8.54. The first-order valence-electron chi connectivity index (χ1n) is 11.3. The van der Waals surface area contributed by atoms with Crippen molar-refractivity contribution in [2.45, 2.75) is 25.0 Å². The van der Waals surface area contributed by atoms with Crippen LogP contribution in [-0.2, 0) is 14.3 Å². The van der Waals surface area contributed by atoms with Gasteiger partial charge < -0.3 is 29.5 Å². The fourth-order valence-corrected chi connectivity index (χ4v) is 4.64. The summed E-state index contributed by atoms with van der Waals surface area (Å²) in [6, 6.07) is 8.22. The number of carbonyl (C=O) groups excluding carboxylic acids is 3. The second-order valence-electron chi connectivity index (χ2n) is 9.59. The van der Waals surface area contributed by atoms with Crippen LogP contribution in [0.25, 0.3) is 0 Å². The molecule has 184 valence electrons. The molecule has 5 rings (SSSR count). The molecule has 1 saturated heterocycles. The predicted octanol–water partition coefficient (Wildman–Crippen LogP) is 1.49. The quantitative estimate of drug-likeness (QED) is 0.398. The predicted molar refractivity (Wildman–Crippen MR) is 125 cm³/mol. The minimum Gasteiger partial charge on any atom is -0.505 e. The SMILES string of the molecule is CN(C)C(=O)c1cccc(NC2C(=O)C(=O)C2NC(c2ccc3c(c2)OCO3)C2(C)COC2)c1O. The van der Waals surface area contributed by atoms with Crippen LogP contribution in [-0.4, -0.2) is 73.7 Å². The molecule has 2 aromatic carbocycles. The average Bonchev–Trinajstić information content (AvgIpc) is 3.30. The number of anilines is 1. The lowest BCUT2D eigenvalue weighted by Gasteiger charge is -2.48. The third kappa shape index (κ3) is 3.88. The van der Waals surface area contributed by atoms with Crippen molar-refractivity contribution in [3.05, 3.63) is 47.5 Å². The topological polar surface area (TPSA) is 126 Å². The Balaban J connectivity index is 1.41. The van der Waals surface area contributed by atoms with Gasteiger partial charge in [0, 0.05) is 25.6 Å². The molecule has 0 spiro atoms. The molecule has 3 unspecified atom stereocenters. The monoisotopic (exact) mass is 481 g/mol. The molecule has 2 aliphatic heterocycles. The molecule has 2 fully saturated rings. The van der Waals surface area contributed by atoms with E-state index in [4.69, 9.17) is 14.2 Å². The number of amides is 1. The molecule has 0 bridgehead atoms. The Morgan fingerprint density at radius 3 is 2.49 bits per heavy atom. The number of hydrogen-bond acceptors (Lipinski definition) is 9. The number of para-hydroxylation sites is 1. The summed E-state index contributed by atoms with van der Waals surface area (Å²) in [6.07, 6.45) is 0. The van der Waals surface area contributed by atoms with Crippen molar-refractivity contribution in [1.82, 2.24) is 10.2 Å². The van der Waals surface area contributed by atoms with E-state index in [1.165, 1.54) is 11.0 Å². The molecule has 0 aromatic heterocycles. The van der Waals surface area contributed by atoms with Gasteiger partial charge in [0.25, 0.3) is 5.91 Å². The van der Waals surface area contributed by atoms with Gasteiger partial charge in [-0.25, -0.2) is 0 Å². The highest BCUT2D eigenvalue weighted by atomic mass is 16.7. The summed E-state index contributed by atoms with van der Waals surface area (Å²) in [5.41, 5.74) is 0.873. The molecule has 1 amide bonds. The third-order valence-electron chi connectivity index (χ3n) is 6.76. The minimum atomic E-state index is -0.904. The number of aromatic hydroxyl groups is 1. The van der Waals surface area contributed by atoms with Gasteiger partial charge in [-0.2, -0.15) is 0 Å².